The zero-order valence-corrected chi connectivity index (χ0v) is 14.8. The van der Waals surface area contributed by atoms with Crippen LogP contribution in [0.5, 0.6) is 5.75 Å². The molecule has 0 heterocycles. The summed E-state index contributed by atoms with van der Waals surface area (Å²) in [6.07, 6.45) is 10.8. The average Bonchev–Trinajstić information content (AvgIpc) is 2.59. The molecule has 1 fully saturated rings. The normalized spacial score (nSPS) is 20.5. The summed E-state index contributed by atoms with van der Waals surface area (Å²) < 4.78 is 44.0. The maximum absolute atomic E-state index is 13.1. The van der Waals surface area contributed by atoms with Crippen LogP contribution in [0.4, 0.5) is 13.2 Å². The Hall–Kier alpha value is -1.52. The van der Waals surface area contributed by atoms with Crippen LogP contribution < -0.4 is 4.74 Å². The molecule has 0 N–H and O–H groups in total. The highest BCUT2D eigenvalue weighted by Crippen LogP contribution is 2.34. The van der Waals surface area contributed by atoms with E-state index in [-0.39, 0.29) is 12.2 Å². The topological polar surface area (TPSA) is 26.3 Å². The number of benzene rings is 1. The molecule has 5 heteroatoms. The maximum atomic E-state index is 13.1. The second-order valence-corrected chi connectivity index (χ2v) is 7.10. The first-order chi connectivity index (χ1) is 12.0. The van der Waals surface area contributed by atoms with Gasteiger partial charge in [-0.2, -0.15) is 0 Å². The van der Waals surface area contributed by atoms with Crippen LogP contribution in [0, 0.1) is 29.3 Å². The van der Waals surface area contributed by atoms with Crippen molar-refractivity contribution in [1.29, 1.82) is 0 Å². The van der Waals surface area contributed by atoms with Crippen LogP contribution in [-0.4, -0.2) is 5.97 Å². The Labute approximate surface area is 147 Å². The van der Waals surface area contributed by atoms with Crippen LogP contribution in [0.1, 0.15) is 71.1 Å². The quantitative estimate of drug-likeness (QED) is 0.241. The Morgan fingerprint density at radius 1 is 1.00 bits per heavy atom. The number of hydrogen-bond donors (Lipinski definition) is 0. The summed E-state index contributed by atoms with van der Waals surface area (Å²) in [5.74, 6) is -3.77. The fourth-order valence-corrected chi connectivity index (χ4v) is 3.59. The molecule has 140 valence electrons. The van der Waals surface area contributed by atoms with Crippen molar-refractivity contribution in [2.75, 3.05) is 0 Å². The number of unbranched alkanes of at least 4 members (excludes halogenated alkanes) is 2. The summed E-state index contributed by atoms with van der Waals surface area (Å²) >= 11 is 0. The molecule has 1 aromatic rings. The fourth-order valence-electron chi connectivity index (χ4n) is 3.59. The van der Waals surface area contributed by atoms with Crippen LogP contribution in [0.3, 0.4) is 0 Å². The van der Waals surface area contributed by atoms with E-state index < -0.39 is 23.4 Å². The molecule has 0 atom stereocenters. The number of carbonyl (C=O) groups is 1. The summed E-state index contributed by atoms with van der Waals surface area (Å²) in [5, 5.41) is 0. The SMILES string of the molecule is CCCCC[C@H]1CC[C@H](CCC(=O)Oc2cc(F)c(F)c(F)c2)CC1. The third-order valence-electron chi connectivity index (χ3n) is 5.13. The largest absolute Gasteiger partial charge is 0.426 e. The summed E-state index contributed by atoms with van der Waals surface area (Å²) in [7, 11) is 0. The molecule has 0 spiro atoms. The van der Waals surface area contributed by atoms with Gasteiger partial charge in [0.25, 0.3) is 0 Å². The molecule has 0 unspecified atom stereocenters. The first-order valence-electron chi connectivity index (χ1n) is 9.34. The van der Waals surface area contributed by atoms with E-state index in [0.717, 1.165) is 25.2 Å². The first-order valence-corrected chi connectivity index (χ1v) is 9.34. The van der Waals surface area contributed by atoms with Crippen LogP contribution >= 0.6 is 0 Å². The molecule has 0 saturated heterocycles. The second kappa shape index (κ2) is 9.83. The van der Waals surface area contributed by atoms with Gasteiger partial charge in [-0.3, -0.25) is 4.79 Å². The van der Waals surface area contributed by atoms with Crippen LogP contribution in [0.25, 0.3) is 0 Å². The lowest BCUT2D eigenvalue weighted by atomic mass is 9.78. The Kier molecular flexibility index (Phi) is 7.79. The Balaban J connectivity index is 1.69. The van der Waals surface area contributed by atoms with E-state index in [0.29, 0.717) is 18.1 Å². The fraction of sp³-hybridized carbons (Fsp3) is 0.650. The number of hydrogen-bond acceptors (Lipinski definition) is 2. The van der Waals surface area contributed by atoms with Gasteiger partial charge in [-0.1, -0.05) is 58.3 Å². The van der Waals surface area contributed by atoms with Crippen molar-refractivity contribution in [2.24, 2.45) is 11.8 Å². The van der Waals surface area contributed by atoms with Crippen molar-refractivity contribution < 1.29 is 22.7 Å². The van der Waals surface area contributed by atoms with Gasteiger partial charge in [0, 0.05) is 18.6 Å². The highest BCUT2D eigenvalue weighted by atomic mass is 19.2. The standard InChI is InChI=1S/C20H27F3O2/c1-2-3-4-5-14-6-8-15(9-7-14)10-11-19(24)25-16-12-17(21)20(23)18(22)13-16/h12-15H,2-11H2,1H3/t14-,15-. The molecule has 2 rings (SSSR count). The predicted octanol–water partition coefficient (Wildman–Crippen LogP) is 6.18. The van der Waals surface area contributed by atoms with Crippen molar-refractivity contribution >= 4 is 5.97 Å². The minimum atomic E-state index is -1.56. The monoisotopic (exact) mass is 356 g/mol. The molecular formula is C20H27F3O2. The Morgan fingerprint density at radius 3 is 2.12 bits per heavy atom. The molecule has 1 aliphatic carbocycles. The number of esters is 1. The van der Waals surface area contributed by atoms with Gasteiger partial charge in [0.05, 0.1) is 0 Å². The Bertz CT molecular complexity index is 543. The first kappa shape index (κ1) is 19.8. The molecule has 0 aromatic heterocycles. The highest BCUT2D eigenvalue weighted by Gasteiger charge is 2.22. The third kappa shape index (κ3) is 6.37. The van der Waals surface area contributed by atoms with Gasteiger partial charge in [0.2, 0.25) is 0 Å². The lowest BCUT2D eigenvalue weighted by molar-refractivity contribution is -0.134. The van der Waals surface area contributed by atoms with Gasteiger partial charge >= 0.3 is 5.97 Å². The summed E-state index contributed by atoms with van der Waals surface area (Å²) in [5.41, 5.74) is 0. The predicted molar refractivity (Wildman–Crippen MR) is 90.8 cm³/mol. The van der Waals surface area contributed by atoms with E-state index >= 15 is 0 Å². The van der Waals surface area contributed by atoms with E-state index in [9.17, 15) is 18.0 Å². The smallest absolute Gasteiger partial charge is 0.311 e. The number of ether oxygens (including phenoxy) is 1. The zero-order valence-electron chi connectivity index (χ0n) is 14.8. The lowest BCUT2D eigenvalue weighted by Gasteiger charge is -2.28. The van der Waals surface area contributed by atoms with Gasteiger partial charge < -0.3 is 4.74 Å². The molecule has 25 heavy (non-hydrogen) atoms. The van der Waals surface area contributed by atoms with Crippen LogP contribution in [-0.2, 0) is 4.79 Å². The second-order valence-electron chi connectivity index (χ2n) is 7.10. The van der Waals surface area contributed by atoms with Gasteiger partial charge in [0.1, 0.15) is 5.75 Å². The van der Waals surface area contributed by atoms with Gasteiger partial charge in [-0.15, -0.1) is 0 Å². The zero-order chi connectivity index (χ0) is 18.2. The minimum absolute atomic E-state index is 0.214. The van der Waals surface area contributed by atoms with Crippen molar-refractivity contribution in [3.63, 3.8) is 0 Å². The van der Waals surface area contributed by atoms with Crippen LogP contribution in [0.15, 0.2) is 12.1 Å². The number of halogens is 3. The van der Waals surface area contributed by atoms with Gasteiger partial charge in [-0.25, -0.2) is 13.2 Å². The average molecular weight is 356 g/mol. The summed E-state index contributed by atoms with van der Waals surface area (Å²) in [6, 6.07) is 1.38. The van der Waals surface area contributed by atoms with Crippen molar-refractivity contribution in [1.82, 2.24) is 0 Å². The van der Waals surface area contributed by atoms with Gasteiger partial charge in [0.15, 0.2) is 17.5 Å². The lowest BCUT2D eigenvalue weighted by Crippen LogP contribution is -2.17. The molecule has 1 saturated carbocycles. The third-order valence-corrected chi connectivity index (χ3v) is 5.13. The molecule has 0 bridgehead atoms. The molecule has 1 aliphatic rings. The molecule has 0 radical (unpaired) electrons. The molecule has 1 aromatic carbocycles. The highest BCUT2D eigenvalue weighted by molar-refractivity contribution is 5.72. The molecule has 2 nitrogen and oxygen atoms in total. The number of rotatable bonds is 8. The summed E-state index contributed by atoms with van der Waals surface area (Å²) in [6.45, 7) is 2.21. The maximum Gasteiger partial charge on any atom is 0.311 e. The number of carbonyl (C=O) groups excluding carboxylic acids is 1. The van der Waals surface area contributed by atoms with Gasteiger partial charge in [-0.05, 0) is 18.3 Å². The Morgan fingerprint density at radius 2 is 1.56 bits per heavy atom. The molecular weight excluding hydrogens is 329 g/mol. The van der Waals surface area contributed by atoms with Crippen molar-refractivity contribution in [3.05, 3.63) is 29.6 Å². The minimum Gasteiger partial charge on any atom is -0.426 e. The van der Waals surface area contributed by atoms with Crippen LogP contribution in [0.2, 0.25) is 0 Å². The molecule has 0 aliphatic heterocycles. The van der Waals surface area contributed by atoms with E-state index in [1.807, 2.05) is 0 Å². The van der Waals surface area contributed by atoms with E-state index in [1.165, 1.54) is 38.5 Å². The van der Waals surface area contributed by atoms with E-state index in [1.54, 1.807) is 0 Å². The summed E-state index contributed by atoms with van der Waals surface area (Å²) in [4.78, 5) is 11.8. The van der Waals surface area contributed by atoms with Crippen molar-refractivity contribution in [2.45, 2.75) is 71.1 Å². The molecule has 0 amide bonds. The van der Waals surface area contributed by atoms with E-state index in [2.05, 4.69) is 6.92 Å². The van der Waals surface area contributed by atoms with E-state index in [4.69, 9.17) is 4.74 Å². The van der Waals surface area contributed by atoms with Crippen molar-refractivity contribution in [3.8, 4) is 5.75 Å².